The van der Waals surface area contributed by atoms with Gasteiger partial charge in [-0.2, -0.15) is 9.97 Å². The van der Waals surface area contributed by atoms with Gasteiger partial charge in [0.15, 0.2) is 0 Å². The van der Waals surface area contributed by atoms with Crippen LogP contribution in [0.3, 0.4) is 0 Å². The van der Waals surface area contributed by atoms with Crippen LogP contribution in [0.5, 0.6) is 11.8 Å². The largest absolute Gasteiger partial charge is 1.00 e. The molecule has 1 aromatic heterocycles. The third kappa shape index (κ3) is 8.37. The average molecular weight is 527 g/mol. The summed E-state index contributed by atoms with van der Waals surface area (Å²) in [5, 5.41) is 2.12. The molecule has 1 aromatic carbocycles. The summed E-state index contributed by atoms with van der Waals surface area (Å²) in [6.45, 7) is -0.257. The Labute approximate surface area is 218 Å². The molecule has 2 aromatic rings. The number of nitrogens with zero attached hydrogens (tertiary/aromatic N) is 2. The van der Waals surface area contributed by atoms with E-state index in [-0.39, 0.29) is 64.9 Å². The van der Waals surface area contributed by atoms with Gasteiger partial charge >= 0.3 is 41.6 Å². The summed E-state index contributed by atoms with van der Waals surface area (Å²) >= 11 is 0. The van der Waals surface area contributed by atoms with Crippen molar-refractivity contribution in [2.75, 3.05) is 32.9 Å². The van der Waals surface area contributed by atoms with Crippen molar-refractivity contribution >= 4 is 38.0 Å². The zero-order valence-corrected chi connectivity index (χ0v) is 22.5. The summed E-state index contributed by atoms with van der Waals surface area (Å²) in [4.78, 5) is 31.5. The van der Waals surface area contributed by atoms with Crippen molar-refractivity contribution in [1.29, 1.82) is 0 Å². The van der Waals surface area contributed by atoms with E-state index >= 15 is 0 Å². The Morgan fingerprint density at radius 2 is 1.56 bits per heavy atom. The van der Waals surface area contributed by atoms with Gasteiger partial charge in [0.05, 0.1) is 39.2 Å². The summed E-state index contributed by atoms with van der Waals surface area (Å²) in [5.41, 5.74) is -0.171. The number of sulfonamides is 2. The Morgan fingerprint density at radius 1 is 0.971 bits per heavy atom. The number of benzene rings is 1. The molecule has 0 bridgehead atoms. The van der Waals surface area contributed by atoms with Crippen LogP contribution >= 0.6 is 0 Å². The van der Waals surface area contributed by atoms with E-state index < -0.39 is 36.9 Å². The van der Waals surface area contributed by atoms with Crippen molar-refractivity contribution in [3.8, 4) is 11.8 Å². The normalized spacial score (nSPS) is 11.1. The number of hydrogen-bond donors (Lipinski definition) is 3. The Morgan fingerprint density at radius 3 is 2.06 bits per heavy atom. The van der Waals surface area contributed by atoms with E-state index in [2.05, 4.69) is 24.7 Å². The molecule has 180 valence electrons. The minimum atomic E-state index is -4.63. The fourth-order valence-corrected chi connectivity index (χ4v) is 3.95. The van der Waals surface area contributed by atoms with Crippen LogP contribution in [0.25, 0.3) is 0 Å². The molecule has 0 aliphatic rings. The van der Waals surface area contributed by atoms with Crippen LogP contribution in [0.4, 0.5) is 10.7 Å². The van der Waals surface area contributed by atoms with E-state index in [0.717, 1.165) is 25.5 Å². The molecule has 0 saturated carbocycles. The molecule has 2 rings (SSSR count). The predicted octanol–water partition coefficient (Wildman–Crippen LogP) is -3.16. The molecule has 0 saturated heterocycles. The molecule has 0 aliphatic carbocycles. The van der Waals surface area contributed by atoms with Gasteiger partial charge in [0, 0.05) is 6.54 Å². The first-order chi connectivity index (χ1) is 15.4. The Bertz CT molecular complexity index is 1250. The van der Waals surface area contributed by atoms with Crippen molar-refractivity contribution in [1.82, 2.24) is 19.4 Å². The van der Waals surface area contributed by atoms with E-state index in [9.17, 15) is 26.4 Å². The maximum absolute atomic E-state index is 12.9. The van der Waals surface area contributed by atoms with Crippen molar-refractivity contribution in [3.63, 3.8) is 0 Å². The first-order valence-corrected chi connectivity index (χ1v) is 12.2. The number of urea groups is 1. The number of hydrogen-bond acceptors (Lipinski definition) is 11. The number of amides is 2. The second kappa shape index (κ2) is 12.3. The van der Waals surface area contributed by atoms with Gasteiger partial charge in [-0.3, -0.25) is 5.32 Å². The maximum Gasteiger partial charge on any atom is 1.00 e. The molecule has 1 heterocycles. The van der Waals surface area contributed by atoms with Gasteiger partial charge in [-0.15, -0.1) is 0 Å². The van der Waals surface area contributed by atoms with Crippen LogP contribution in [0, 0.1) is 0 Å². The van der Waals surface area contributed by atoms with E-state index in [1.165, 1.54) is 26.4 Å². The second-order valence-electron chi connectivity index (χ2n) is 6.25. The smallest absolute Gasteiger partial charge is 0.481 e. The molecular weight excluding hydrogens is 505 g/mol. The predicted molar refractivity (Wildman–Crippen MR) is 114 cm³/mol. The number of aromatic nitrogens is 2. The monoisotopic (exact) mass is 526 g/mol. The summed E-state index contributed by atoms with van der Waals surface area (Å²) in [5.74, 6) is -1.23. The minimum absolute atomic E-state index is 0. The zero-order valence-electron chi connectivity index (χ0n) is 18.9. The Kier molecular flexibility index (Phi) is 10.7. The van der Waals surface area contributed by atoms with Crippen molar-refractivity contribution < 1.29 is 70.2 Å². The molecule has 34 heavy (non-hydrogen) atoms. The zero-order chi connectivity index (χ0) is 24.8. The Hall–Kier alpha value is -2.50. The van der Waals surface area contributed by atoms with E-state index in [0.29, 0.717) is 0 Å². The SMILES string of the molecule is COC(=O)c1ccc(CNS(C)(=O)=O)cc1S(=O)(=O)NC(=O)Nc1nc(OC)cc(OC)n1.[Na+]. The molecule has 0 atom stereocenters. The molecular formula is C17H21N5NaO9S2+. The molecule has 17 heteroatoms. The number of carbonyl (C=O) groups excluding carboxylic acids is 2. The topological polar surface area (TPSA) is 192 Å². The van der Waals surface area contributed by atoms with E-state index in [1.807, 2.05) is 0 Å². The van der Waals surface area contributed by atoms with Gasteiger partial charge in [-0.1, -0.05) is 6.07 Å². The fourth-order valence-electron chi connectivity index (χ4n) is 2.37. The number of rotatable bonds is 9. The van der Waals surface area contributed by atoms with Crippen LogP contribution in [-0.2, 0) is 31.3 Å². The van der Waals surface area contributed by atoms with Crippen molar-refractivity contribution in [2.45, 2.75) is 11.4 Å². The molecule has 0 aliphatic heterocycles. The van der Waals surface area contributed by atoms with Crippen LogP contribution in [0.15, 0.2) is 29.2 Å². The summed E-state index contributed by atoms with van der Waals surface area (Å²) in [6, 6.07) is 3.58. The minimum Gasteiger partial charge on any atom is -0.481 e. The number of nitrogens with one attached hydrogen (secondary N) is 3. The first kappa shape index (κ1) is 29.5. The third-order valence-electron chi connectivity index (χ3n) is 3.83. The standard InChI is InChI=1S/C17H21N5O9S2.Na/c1-29-13-8-14(30-2)20-16(19-13)21-17(24)22-33(27,28)12-7-10(9-18-32(4,25)26)5-6-11(12)15(23)31-3;/h5-8,18H,9H2,1-4H3,(H2,19,20,21,22,24);/q;+1. The number of anilines is 1. The number of esters is 1. The molecule has 0 radical (unpaired) electrons. The van der Waals surface area contributed by atoms with Crippen molar-refractivity contribution in [3.05, 3.63) is 35.4 Å². The van der Waals surface area contributed by atoms with E-state index in [1.54, 1.807) is 4.72 Å². The summed E-state index contributed by atoms with van der Waals surface area (Å²) < 4.78 is 66.8. The molecule has 3 N–H and O–H groups in total. The van der Waals surface area contributed by atoms with Crippen LogP contribution in [0.2, 0.25) is 0 Å². The fraction of sp³-hybridized carbons (Fsp3) is 0.294. The quantitative estimate of drug-likeness (QED) is 0.221. The molecule has 2 amide bonds. The van der Waals surface area contributed by atoms with Crippen LogP contribution in [-0.4, -0.2) is 66.4 Å². The summed E-state index contributed by atoms with van der Waals surface area (Å²) in [6.07, 6.45) is 0.926. The summed E-state index contributed by atoms with van der Waals surface area (Å²) in [7, 11) is -4.53. The van der Waals surface area contributed by atoms with Gasteiger partial charge in [0.1, 0.15) is 4.90 Å². The van der Waals surface area contributed by atoms with Gasteiger partial charge in [-0.25, -0.2) is 35.9 Å². The first-order valence-electron chi connectivity index (χ1n) is 8.85. The van der Waals surface area contributed by atoms with Gasteiger partial charge in [0.2, 0.25) is 27.7 Å². The van der Waals surface area contributed by atoms with Gasteiger partial charge in [-0.05, 0) is 17.7 Å². The van der Waals surface area contributed by atoms with Crippen LogP contribution in [0.1, 0.15) is 15.9 Å². The number of ether oxygens (including phenoxy) is 3. The third-order valence-corrected chi connectivity index (χ3v) is 5.87. The molecule has 14 nitrogen and oxygen atoms in total. The van der Waals surface area contributed by atoms with Gasteiger partial charge < -0.3 is 14.2 Å². The van der Waals surface area contributed by atoms with Crippen LogP contribution < -0.4 is 53.8 Å². The second-order valence-corrected chi connectivity index (χ2v) is 9.74. The number of methoxy groups -OCH3 is 3. The van der Waals surface area contributed by atoms with E-state index in [4.69, 9.17) is 9.47 Å². The molecule has 0 unspecified atom stereocenters. The number of carbonyl (C=O) groups is 2. The molecule has 0 spiro atoms. The molecule has 0 fully saturated rings. The maximum atomic E-state index is 12.9. The van der Waals surface area contributed by atoms with Gasteiger partial charge in [0.25, 0.3) is 10.0 Å². The van der Waals surface area contributed by atoms with Crippen molar-refractivity contribution in [2.24, 2.45) is 0 Å². The Balaban J connectivity index is 0.00000578. The average Bonchev–Trinajstić information content (AvgIpc) is 2.75.